The minimum Gasteiger partial charge on any atom is -0.351 e. The smallest absolute Gasteiger partial charge is 0.269 e. The first-order valence-corrected chi connectivity index (χ1v) is 4.65. The summed E-state index contributed by atoms with van der Waals surface area (Å²) in [4.78, 5) is 22.0. The summed E-state index contributed by atoms with van der Waals surface area (Å²) in [5.41, 5.74) is -0.0160. The highest BCUT2D eigenvalue weighted by molar-refractivity contribution is 5.91. The number of hydrogen-bond acceptors (Lipinski definition) is 2. The van der Waals surface area contributed by atoms with Crippen molar-refractivity contribution >= 4 is 5.91 Å². The molecule has 0 unspecified atom stereocenters. The summed E-state index contributed by atoms with van der Waals surface area (Å²) in [5, 5.41) is 7.52. The molecule has 78 valence electrons. The van der Waals surface area contributed by atoms with Crippen LogP contribution in [0.4, 0.5) is 0 Å². The van der Waals surface area contributed by atoms with Crippen molar-refractivity contribution < 1.29 is 4.79 Å². The maximum atomic E-state index is 11.3. The number of hydrogen-bond donors (Lipinski definition) is 3. The molecule has 1 heterocycles. The van der Waals surface area contributed by atoms with Crippen molar-refractivity contribution in [2.24, 2.45) is 5.92 Å². The van der Waals surface area contributed by atoms with Crippen molar-refractivity contribution in [1.29, 1.82) is 0 Å². The largest absolute Gasteiger partial charge is 0.351 e. The lowest BCUT2D eigenvalue weighted by Gasteiger charge is -2.05. The van der Waals surface area contributed by atoms with Crippen LogP contribution in [0.5, 0.6) is 0 Å². The van der Waals surface area contributed by atoms with Crippen molar-refractivity contribution in [1.82, 2.24) is 15.5 Å². The van der Waals surface area contributed by atoms with Crippen LogP contribution < -0.4 is 10.9 Å². The molecule has 0 aromatic carbocycles. The number of carbonyl (C=O) groups excluding carboxylic acids is 1. The summed E-state index contributed by atoms with van der Waals surface area (Å²) in [7, 11) is 0. The predicted molar refractivity (Wildman–Crippen MR) is 53.2 cm³/mol. The van der Waals surface area contributed by atoms with Gasteiger partial charge < -0.3 is 5.32 Å². The number of rotatable bonds is 4. The van der Waals surface area contributed by atoms with Crippen LogP contribution in [0.3, 0.4) is 0 Å². The summed E-state index contributed by atoms with van der Waals surface area (Å²) < 4.78 is 0. The Labute approximate surface area is 81.9 Å². The fourth-order valence-corrected chi connectivity index (χ4v) is 1.02. The number of H-pyrrole nitrogens is 2. The lowest BCUT2D eigenvalue weighted by Crippen LogP contribution is -2.25. The van der Waals surface area contributed by atoms with E-state index >= 15 is 0 Å². The summed E-state index contributed by atoms with van der Waals surface area (Å²) in [6.07, 6.45) is 0.931. The molecule has 0 atom stereocenters. The van der Waals surface area contributed by atoms with E-state index in [9.17, 15) is 9.59 Å². The molecule has 0 bridgehead atoms. The first-order chi connectivity index (χ1) is 6.59. The van der Waals surface area contributed by atoms with Gasteiger partial charge in [0.2, 0.25) is 0 Å². The third kappa shape index (κ3) is 3.08. The maximum absolute atomic E-state index is 11.3. The quantitative estimate of drug-likeness (QED) is 0.656. The van der Waals surface area contributed by atoms with Gasteiger partial charge in [0.05, 0.1) is 0 Å². The van der Waals surface area contributed by atoms with Crippen LogP contribution in [0, 0.1) is 5.92 Å². The molecule has 1 aromatic rings. The number of nitrogens with one attached hydrogen (secondary N) is 3. The fraction of sp³-hybridized carbons (Fsp3) is 0.556. The second-order valence-electron chi connectivity index (χ2n) is 3.61. The number of carbonyl (C=O) groups is 1. The van der Waals surface area contributed by atoms with Gasteiger partial charge in [-0.2, -0.15) is 0 Å². The average molecular weight is 197 g/mol. The lowest BCUT2D eigenvalue weighted by molar-refractivity contribution is 0.0947. The van der Waals surface area contributed by atoms with Gasteiger partial charge in [-0.15, -0.1) is 0 Å². The van der Waals surface area contributed by atoms with E-state index in [4.69, 9.17) is 0 Å². The van der Waals surface area contributed by atoms with Gasteiger partial charge in [-0.1, -0.05) is 13.8 Å². The monoisotopic (exact) mass is 197 g/mol. The van der Waals surface area contributed by atoms with Crippen LogP contribution in [-0.2, 0) is 0 Å². The van der Waals surface area contributed by atoms with Crippen LogP contribution in [0.1, 0.15) is 30.8 Å². The van der Waals surface area contributed by atoms with Gasteiger partial charge in [0.1, 0.15) is 5.69 Å². The molecule has 0 saturated carbocycles. The van der Waals surface area contributed by atoms with E-state index in [0.717, 1.165) is 6.42 Å². The Kier molecular flexibility index (Phi) is 3.50. The van der Waals surface area contributed by atoms with Crippen molar-refractivity contribution in [3.05, 3.63) is 22.1 Å². The minimum absolute atomic E-state index is 0.246. The van der Waals surface area contributed by atoms with Crippen LogP contribution in [-0.4, -0.2) is 22.6 Å². The molecule has 3 N–H and O–H groups in total. The third-order valence-electron chi connectivity index (χ3n) is 1.85. The fourth-order valence-electron chi connectivity index (χ4n) is 1.02. The van der Waals surface area contributed by atoms with Crippen LogP contribution >= 0.6 is 0 Å². The van der Waals surface area contributed by atoms with Crippen LogP contribution in [0.2, 0.25) is 0 Å². The maximum Gasteiger partial charge on any atom is 0.269 e. The zero-order valence-electron chi connectivity index (χ0n) is 8.39. The van der Waals surface area contributed by atoms with Gasteiger partial charge in [0.25, 0.3) is 11.5 Å². The van der Waals surface area contributed by atoms with E-state index < -0.39 is 0 Å². The summed E-state index contributed by atoms with van der Waals surface area (Å²) >= 11 is 0. The zero-order valence-corrected chi connectivity index (χ0v) is 8.39. The molecule has 1 rings (SSSR count). The van der Waals surface area contributed by atoms with Crippen LogP contribution in [0.25, 0.3) is 0 Å². The normalized spacial score (nSPS) is 10.5. The Morgan fingerprint density at radius 3 is 2.71 bits per heavy atom. The van der Waals surface area contributed by atoms with Crippen molar-refractivity contribution in [2.75, 3.05) is 6.54 Å². The van der Waals surface area contributed by atoms with E-state index in [2.05, 4.69) is 29.4 Å². The Bertz CT molecular complexity index is 351. The molecule has 14 heavy (non-hydrogen) atoms. The van der Waals surface area contributed by atoms with Crippen molar-refractivity contribution in [3.8, 4) is 0 Å². The second-order valence-corrected chi connectivity index (χ2v) is 3.61. The van der Waals surface area contributed by atoms with Crippen molar-refractivity contribution in [3.63, 3.8) is 0 Å². The van der Waals surface area contributed by atoms with Crippen molar-refractivity contribution in [2.45, 2.75) is 20.3 Å². The molecule has 5 heteroatoms. The molecular formula is C9H15N3O2. The van der Waals surface area contributed by atoms with E-state index in [1.807, 2.05) is 0 Å². The molecule has 0 fully saturated rings. The van der Waals surface area contributed by atoms with E-state index in [1.54, 1.807) is 0 Å². The minimum atomic E-state index is -0.293. The Morgan fingerprint density at radius 1 is 1.50 bits per heavy atom. The zero-order chi connectivity index (χ0) is 10.6. The summed E-state index contributed by atoms with van der Waals surface area (Å²) in [6, 6.07) is 1.24. The van der Waals surface area contributed by atoms with Gasteiger partial charge in [-0.25, -0.2) is 0 Å². The van der Waals surface area contributed by atoms with E-state index in [-0.39, 0.29) is 17.2 Å². The Hall–Kier alpha value is -1.52. The number of aromatic nitrogens is 2. The molecular weight excluding hydrogens is 182 g/mol. The average Bonchev–Trinajstić information content (AvgIpc) is 2.51. The number of amides is 1. The summed E-state index contributed by atoms with van der Waals surface area (Å²) in [6.45, 7) is 4.80. The van der Waals surface area contributed by atoms with Gasteiger partial charge in [0.15, 0.2) is 0 Å². The molecule has 0 radical (unpaired) electrons. The molecule has 0 aliphatic heterocycles. The molecule has 1 amide bonds. The predicted octanol–water partition coefficient (Wildman–Crippen LogP) is 0.479. The van der Waals surface area contributed by atoms with Gasteiger partial charge in [0, 0.05) is 12.6 Å². The third-order valence-corrected chi connectivity index (χ3v) is 1.85. The Balaban J connectivity index is 2.40. The Morgan fingerprint density at radius 2 is 2.21 bits per heavy atom. The molecule has 0 aliphatic rings. The van der Waals surface area contributed by atoms with Gasteiger partial charge >= 0.3 is 0 Å². The number of aromatic amines is 2. The first-order valence-electron chi connectivity index (χ1n) is 4.65. The van der Waals surface area contributed by atoms with Gasteiger partial charge in [-0.05, 0) is 12.3 Å². The first kappa shape index (κ1) is 10.6. The molecule has 5 nitrogen and oxygen atoms in total. The standard InChI is InChI=1S/C9H15N3O2/c1-6(2)3-4-10-9(14)7-5-8(13)12-11-7/h5-6H,3-4H2,1-2H3,(H,10,14)(H2,11,12,13). The van der Waals surface area contributed by atoms with E-state index in [1.165, 1.54) is 6.07 Å². The SMILES string of the molecule is CC(C)CCNC(=O)c1cc(=O)[nH][nH]1. The van der Waals surface area contributed by atoms with Crippen LogP contribution in [0.15, 0.2) is 10.9 Å². The molecule has 1 aromatic heterocycles. The topological polar surface area (TPSA) is 77.8 Å². The lowest BCUT2D eigenvalue weighted by atomic mass is 10.1. The molecule has 0 spiro atoms. The molecule has 0 aliphatic carbocycles. The highest BCUT2D eigenvalue weighted by Crippen LogP contribution is 1.97. The van der Waals surface area contributed by atoms with Gasteiger partial charge in [-0.3, -0.25) is 19.8 Å². The highest BCUT2D eigenvalue weighted by atomic mass is 16.2. The second kappa shape index (κ2) is 4.64. The van der Waals surface area contributed by atoms with E-state index in [0.29, 0.717) is 12.5 Å². The highest BCUT2D eigenvalue weighted by Gasteiger charge is 2.06. The summed E-state index contributed by atoms with van der Waals surface area (Å²) in [5.74, 6) is 0.310. The molecule has 0 saturated heterocycles.